The fourth-order valence-corrected chi connectivity index (χ4v) is 4.69. The molecule has 1 fully saturated rings. The zero-order valence-corrected chi connectivity index (χ0v) is 20.0. The topological polar surface area (TPSA) is 70.9 Å². The number of hydrogen-bond donors (Lipinski definition) is 2. The van der Waals surface area contributed by atoms with E-state index in [0.29, 0.717) is 36.8 Å². The number of thiazole rings is 1. The lowest BCUT2D eigenvalue weighted by Crippen LogP contribution is -2.36. The number of hydrogen-bond acceptors (Lipinski definition) is 5. The SMILES string of the molecule is CNC(=O)NCCn1c(-c2ccc(N3CCOCC3)cc2)csc1=Nc1ccc(C(F)(F)F)cc1. The summed E-state index contributed by atoms with van der Waals surface area (Å²) >= 11 is 1.39. The van der Waals surface area contributed by atoms with Crippen LogP contribution < -0.4 is 20.3 Å². The number of anilines is 1. The molecule has 7 nitrogen and oxygen atoms in total. The zero-order chi connectivity index (χ0) is 24.8. The van der Waals surface area contributed by atoms with Gasteiger partial charge in [-0.1, -0.05) is 12.1 Å². The van der Waals surface area contributed by atoms with E-state index in [-0.39, 0.29) is 6.03 Å². The third kappa shape index (κ3) is 6.23. The molecule has 35 heavy (non-hydrogen) atoms. The van der Waals surface area contributed by atoms with Crippen LogP contribution in [0.5, 0.6) is 0 Å². The molecule has 0 unspecified atom stereocenters. The van der Waals surface area contributed by atoms with E-state index < -0.39 is 11.7 Å². The number of benzene rings is 2. The van der Waals surface area contributed by atoms with Gasteiger partial charge in [-0.15, -0.1) is 11.3 Å². The summed E-state index contributed by atoms with van der Waals surface area (Å²) in [4.78, 5) is 19.1. The number of nitrogens with zero attached hydrogens (tertiary/aromatic N) is 3. The number of morpholine rings is 1. The summed E-state index contributed by atoms with van der Waals surface area (Å²) in [5.41, 5.74) is 2.71. The molecule has 4 rings (SSSR count). The molecular formula is C24H26F3N5O2S. The second-order valence-electron chi connectivity index (χ2n) is 7.86. The van der Waals surface area contributed by atoms with Crippen LogP contribution >= 0.6 is 11.3 Å². The molecule has 1 aromatic heterocycles. The predicted molar refractivity (Wildman–Crippen MR) is 130 cm³/mol. The molecule has 1 aliphatic heterocycles. The van der Waals surface area contributed by atoms with Crippen LogP contribution in [0.2, 0.25) is 0 Å². The van der Waals surface area contributed by atoms with Crippen LogP contribution in [0.1, 0.15) is 5.56 Å². The number of carbonyl (C=O) groups excluding carboxylic acids is 1. The van der Waals surface area contributed by atoms with Crippen LogP contribution in [0.4, 0.5) is 29.3 Å². The lowest BCUT2D eigenvalue weighted by Gasteiger charge is -2.28. The van der Waals surface area contributed by atoms with Gasteiger partial charge in [-0.3, -0.25) is 0 Å². The summed E-state index contributed by atoms with van der Waals surface area (Å²) in [6, 6.07) is 12.7. The van der Waals surface area contributed by atoms with Crippen LogP contribution in [0.3, 0.4) is 0 Å². The molecule has 1 saturated heterocycles. The molecule has 186 valence electrons. The molecule has 0 spiro atoms. The van der Waals surface area contributed by atoms with Crippen LogP contribution in [0.15, 0.2) is 58.9 Å². The number of rotatable bonds is 6. The maximum Gasteiger partial charge on any atom is 0.416 e. The third-order valence-corrected chi connectivity index (χ3v) is 6.47. The Bertz CT molecular complexity index is 1200. The molecule has 2 amide bonds. The molecule has 0 atom stereocenters. The Morgan fingerprint density at radius 2 is 1.77 bits per heavy atom. The van der Waals surface area contributed by atoms with Gasteiger partial charge in [-0.05, 0) is 42.0 Å². The number of aromatic nitrogens is 1. The Kier molecular flexibility index (Phi) is 7.76. The second kappa shape index (κ2) is 11.0. The normalized spacial score (nSPS) is 14.7. The molecular weight excluding hydrogens is 479 g/mol. The Hall–Kier alpha value is -3.31. The molecule has 0 aliphatic carbocycles. The summed E-state index contributed by atoms with van der Waals surface area (Å²) in [5, 5.41) is 7.25. The summed E-state index contributed by atoms with van der Waals surface area (Å²) in [7, 11) is 1.54. The zero-order valence-electron chi connectivity index (χ0n) is 19.1. The first-order valence-electron chi connectivity index (χ1n) is 11.1. The van der Waals surface area contributed by atoms with Crippen molar-refractivity contribution in [3.63, 3.8) is 0 Å². The highest BCUT2D eigenvalue weighted by molar-refractivity contribution is 7.07. The first-order valence-corrected chi connectivity index (χ1v) is 12.0. The average molecular weight is 506 g/mol. The second-order valence-corrected chi connectivity index (χ2v) is 8.70. The quantitative estimate of drug-likeness (QED) is 0.527. The van der Waals surface area contributed by atoms with E-state index in [1.54, 1.807) is 7.05 Å². The van der Waals surface area contributed by atoms with Crippen molar-refractivity contribution in [1.82, 2.24) is 15.2 Å². The molecule has 11 heteroatoms. The van der Waals surface area contributed by atoms with Gasteiger partial charge in [0, 0.05) is 44.3 Å². The van der Waals surface area contributed by atoms with E-state index in [1.807, 2.05) is 22.1 Å². The van der Waals surface area contributed by atoms with Crippen molar-refractivity contribution in [1.29, 1.82) is 0 Å². The molecule has 0 radical (unpaired) electrons. The van der Waals surface area contributed by atoms with Crippen molar-refractivity contribution in [2.45, 2.75) is 12.7 Å². The van der Waals surface area contributed by atoms with Crippen molar-refractivity contribution in [2.24, 2.45) is 4.99 Å². The lowest BCUT2D eigenvalue weighted by molar-refractivity contribution is -0.137. The highest BCUT2D eigenvalue weighted by atomic mass is 32.1. The largest absolute Gasteiger partial charge is 0.416 e. The maximum atomic E-state index is 12.9. The number of amides is 2. The molecule has 2 heterocycles. The monoisotopic (exact) mass is 505 g/mol. The Labute approximate surface area is 204 Å². The predicted octanol–water partition coefficient (Wildman–Crippen LogP) is 4.23. The van der Waals surface area contributed by atoms with Gasteiger partial charge in [-0.25, -0.2) is 9.79 Å². The van der Waals surface area contributed by atoms with Crippen molar-refractivity contribution in [3.05, 3.63) is 64.3 Å². The van der Waals surface area contributed by atoms with E-state index in [9.17, 15) is 18.0 Å². The molecule has 1 aliphatic rings. The summed E-state index contributed by atoms with van der Waals surface area (Å²) in [5.74, 6) is 0. The van der Waals surface area contributed by atoms with Crippen molar-refractivity contribution >= 4 is 28.7 Å². The van der Waals surface area contributed by atoms with Gasteiger partial charge < -0.3 is 24.8 Å². The first-order chi connectivity index (χ1) is 16.8. The molecule has 2 N–H and O–H groups in total. The number of nitrogens with one attached hydrogen (secondary N) is 2. The highest BCUT2D eigenvalue weighted by Gasteiger charge is 2.29. The Balaban J connectivity index is 1.64. The number of carbonyl (C=O) groups is 1. The summed E-state index contributed by atoms with van der Waals surface area (Å²) in [6.07, 6.45) is -4.40. The molecule has 0 bridgehead atoms. The fraction of sp³-hybridized carbons (Fsp3) is 0.333. The van der Waals surface area contributed by atoms with E-state index in [1.165, 1.54) is 23.5 Å². The van der Waals surface area contributed by atoms with Gasteiger partial charge >= 0.3 is 12.2 Å². The van der Waals surface area contributed by atoms with E-state index >= 15 is 0 Å². The van der Waals surface area contributed by atoms with Crippen LogP contribution in [-0.2, 0) is 17.5 Å². The van der Waals surface area contributed by atoms with Crippen LogP contribution in [-0.4, -0.2) is 50.5 Å². The van der Waals surface area contributed by atoms with Crippen LogP contribution in [0.25, 0.3) is 11.3 Å². The van der Waals surface area contributed by atoms with Crippen molar-refractivity contribution < 1.29 is 22.7 Å². The highest BCUT2D eigenvalue weighted by Crippen LogP contribution is 2.30. The first kappa shape index (κ1) is 24.8. The minimum absolute atomic E-state index is 0.293. The van der Waals surface area contributed by atoms with Gasteiger partial charge in [0.05, 0.1) is 30.2 Å². The number of halogens is 3. The lowest BCUT2D eigenvalue weighted by atomic mass is 10.1. The Morgan fingerprint density at radius 3 is 2.40 bits per heavy atom. The number of alkyl halides is 3. The third-order valence-electron chi connectivity index (χ3n) is 5.60. The summed E-state index contributed by atoms with van der Waals surface area (Å²) in [6.45, 7) is 3.91. The van der Waals surface area contributed by atoms with Crippen molar-refractivity contribution in [3.8, 4) is 11.3 Å². The maximum absolute atomic E-state index is 12.9. The molecule has 2 aromatic carbocycles. The van der Waals surface area contributed by atoms with E-state index in [2.05, 4.69) is 32.7 Å². The van der Waals surface area contributed by atoms with E-state index in [4.69, 9.17) is 4.74 Å². The van der Waals surface area contributed by atoms with Crippen LogP contribution in [0, 0.1) is 0 Å². The van der Waals surface area contributed by atoms with Gasteiger partial charge in [-0.2, -0.15) is 13.2 Å². The minimum atomic E-state index is -4.40. The van der Waals surface area contributed by atoms with Gasteiger partial charge in [0.15, 0.2) is 4.80 Å². The van der Waals surface area contributed by atoms with Gasteiger partial charge in [0.1, 0.15) is 0 Å². The minimum Gasteiger partial charge on any atom is -0.378 e. The average Bonchev–Trinajstić information content (AvgIpc) is 3.26. The van der Waals surface area contributed by atoms with Gasteiger partial charge in [0.2, 0.25) is 0 Å². The van der Waals surface area contributed by atoms with E-state index in [0.717, 1.165) is 42.2 Å². The van der Waals surface area contributed by atoms with Gasteiger partial charge in [0.25, 0.3) is 0 Å². The number of ether oxygens (including phenoxy) is 1. The Morgan fingerprint density at radius 1 is 1.09 bits per heavy atom. The summed E-state index contributed by atoms with van der Waals surface area (Å²) < 4.78 is 46.1. The fourth-order valence-electron chi connectivity index (χ4n) is 3.74. The standard InChI is InChI=1S/C24H26F3N5O2S/c1-28-22(33)29-10-11-32-21(17-2-8-20(9-3-17)31-12-14-34-15-13-31)16-35-23(32)30-19-6-4-18(5-7-19)24(25,26)27/h2-9,16H,10-15H2,1H3,(H2,28,29,33). The molecule has 0 saturated carbocycles. The van der Waals surface area contributed by atoms with Crippen molar-refractivity contribution in [2.75, 3.05) is 44.8 Å². The number of urea groups is 1. The molecule has 3 aromatic rings. The smallest absolute Gasteiger partial charge is 0.378 e.